The van der Waals surface area contributed by atoms with Gasteiger partial charge in [-0.3, -0.25) is 0 Å². The summed E-state index contributed by atoms with van der Waals surface area (Å²) in [6.45, 7) is 0. The molecule has 1 N–H and O–H groups in total. The van der Waals surface area contributed by atoms with Gasteiger partial charge in [0.05, 0.1) is 0 Å². The van der Waals surface area contributed by atoms with Crippen LogP contribution in [0.5, 0.6) is 0 Å². The normalized spacial score (nSPS) is 19.5. The molecule has 78 valence electrons. The molecular weight excluding hydrogens is 186 g/mol. The molecule has 0 amide bonds. The molecule has 0 atom stereocenters. The van der Waals surface area contributed by atoms with Crippen LogP contribution in [0.2, 0.25) is 0 Å². The van der Waals surface area contributed by atoms with E-state index in [0.29, 0.717) is 6.04 Å². The van der Waals surface area contributed by atoms with Crippen molar-refractivity contribution >= 4 is 5.82 Å². The molecule has 0 saturated heterocycles. The second-order valence-corrected chi connectivity index (χ2v) is 4.29. The summed E-state index contributed by atoms with van der Waals surface area (Å²) in [6, 6.07) is 0.546. The van der Waals surface area contributed by atoms with Gasteiger partial charge < -0.3 is 5.32 Å². The van der Waals surface area contributed by atoms with E-state index in [2.05, 4.69) is 27.4 Å². The van der Waals surface area contributed by atoms with E-state index in [1.54, 1.807) is 6.33 Å². The van der Waals surface area contributed by atoms with Crippen molar-refractivity contribution < 1.29 is 0 Å². The smallest absolute Gasteiger partial charge is 0.133 e. The van der Waals surface area contributed by atoms with Crippen LogP contribution in [0.15, 0.2) is 18.5 Å². The lowest BCUT2D eigenvalue weighted by Gasteiger charge is -2.15. The summed E-state index contributed by atoms with van der Waals surface area (Å²) >= 11 is 0. The van der Waals surface area contributed by atoms with Crippen LogP contribution in [0.4, 0.5) is 5.82 Å². The highest BCUT2D eigenvalue weighted by Gasteiger charge is 2.19. The third kappa shape index (κ3) is 1.62. The summed E-state index contributed by atoms with van der Waals surface area (Å²) < 4.78 is 0. The lowest BCUT2D eigenvalue weighted by Crippen LogP contribution is -2.17. The minimum absolute atomic E-state index is 0.546. The molecule has 0 fully saturated rings. The van der Waals surface area contributed by atoms with Crippen molar-refractivity contribution in [1.29, 1.82) is 0 Å². The SMILES string of the molecule is C1=CCC(Nc2ncnc3c2CCC3)C1. The van der Waals surface area contributed by atoms with E-state index < -0.39 is 0 Å². The Hall–Kier alpha value is -1.38. The van der Waals surface area contributed by atoms with Crippen LogP contribution in [-0.4, -0.2) is 16.0 Å². The molecule has 3 nitrogen and oxygen atoms in total. The Balaban J connectivity index is 1.82. The van der Waals surface area contributed by atoms with Gasteiger partial charge in [0.2, 0.25) is 0 Å². The first-order chi connectivity index (χ1) is 7.43. The van der Waals surface area contributed by atoms with Crippen LogP contribution in [0.1, 0.15) is 30.5 Å². The third-order valence-electron chi connectivity index (χ3n) is 3.22. The maximum absolute atomic E-state index is 4.36. The van der Waals surface area contributed by atoms with Gasteiger partial charge in [-0.15, -0.1) is 0 Å². The summed E-state index contributed by atoms with van der Waals surface area (Å²) in [5.74, 6) is 1.08. The molecule has 1 heterocycles. The summed E-state index contributed by atoms with van der Waals surface area (Å²) in [6.07, 6.45) is 11.9. The van der Waals surface area contributed by atoms with Crippen LogP contribution in [0.3, 0.4) is 0 Å². The summed E-state index contributed by atoms with van der Waals surface area (Å²) in [5.41, 5.74) is 2.60. The first-order valence-corrected chi connectivity index (χ1v) is 5.68. The van der Waals surface area contributed by atoms with E-state index in [9.17, 15) is 0 Å². The van der Waals surface area contributed by atoms with E-state index in [1.165, 1.54) is 17.7 Å². The van der Waals surface area contributed by atoms with Gasteiger partial charge in [0.25, 0.3) is 0 Å². The van der Waals surface area contributed by atoms with Crippen molar-refractivity contribution in [3.05, 3.63) is 29.7 Å². The van der Waals surface area contributed by atoms with Gasteiger partial charge in [0, 0.05) is 17.3 Å². The molecule has 0 saturated carbocycles. The topological polar surface area (TPSA) is 37.8 Å². The molecule has 0 aliphatic heterocycles. The van der Waals surface area contributed by atoms with E-state index in [-0.39, 0.29) is 0 Å². The summed E-state index contributed by atoms with van der Waals surface area (Å²) in [5, 5.41) is 3.53. The van der Waals surface area contributed by atoms with Crippen molar-refractivity contribution in [3.63, 3.8) is 0 Å². The maximum Gasteiger partial charge on any atom is 0.133 e. The number of aryl methyl sites for hydroxylation is 1. The number of rotatable bonds is 2. The molecule has 2 aliphatic carbocycles. The molecular formula is C12H15N3. The Kier molecular flexibility index (Phi) is 2.16. The van der Waals surface area contributed by atoms with Gasteiger partial charge in [-0.25, -0.2) is 9.97 Å². The zero-order chi connectivity index (χ0) is 10.1. The van der Waals surface area contributed by atoms with Crippen LogP contribution in [0.25, 0.3) is 0 Å². The fraction of sp³-hybridized carbons (Fsp3) is 0.500. The highest BCUT2D eigenvalue weighted by atomic mass is 15.0. The van der Waals surface area contributed by atoms with Gasteiger partial charge in [0.1, 0.15) is 12.1 Å². The molecule has 3 rings (SSSR count). The van der Waals surface area contributed by atoms with Gasteiger partial charge in [0.15, 0.2) is 0 Å². The number of hydrogen-bond acceptors (Lipinski definition) is 3. The van der Waals surface area contributed by atoms with Crippen molar-refractivity contribution in [2.75, 3.05) is 5.32 Å². The average Bonchev–Trinajstić information content (AvgIpc) is 2.87. The summed E-state index contributed by atoms with van der Waals surface area (Å²) in [7, 11) is 0. The Labute approximate surface area is 89.6 Å². The van der Waals surface area contributed by atoms with E-state index in [1.807, 2.05) is 0 Å². The predicted molar refractivity (Wildman–Crippen MR) is 59.8 cm³/mol. The first-order valence-electron chi connectivity index (χ1n) is 5.68. The first kappa shape index (κ1) is 8.89. The number of nitrogens with one attached hydrogen (secondary N) is 1. The Morgan fingerprint density at radius 3 is 2.87 bits per heavy atom. The third-order valence-corrected chi connectivity index (χ3v) is 3.22. The standard InChI is InChI=1S/C12H15N3/c1-2-5-9(4-1)15-12-10-6-3-7-11(10)13-8-14-12/h1-2,8-9H,3-7H2,(H,13,14,15). The van der Waals surface area contributed by atoms with Gasteiger partial charge in [-0.05, 0) is 32.1 Å². The number of hydrogen-bond donors (Lipinski definition) is 1. The van der Waals surface area contributed by atoms with Crippen LogP contribution < -0.4 is 5.32 Å². The molecule has 3 heteroatoms. The monoisotopic (exact) mass is 201 g/mol. The lowest BCUT2D eigenvalue weighted by atomic mass is 10.2. The Morgan fingerprint density at radius 2 is 2.00 bits per heavy atom. The summed E-state index contributed by atoms with van der Waals surface area (Å²) in [4.78, 5) is 8.69. The second-order valence-electron chi connectivity index (χ2n) is 4.29. The molecule has 0 bridgehead atoms. The molecule has 1 aromatic heterocycles. The molecule has 1 aromatic rings. The molecule has 0 spiro atoms. The molecule has 2 aliphatic rings. The van der Waals surface area contributed by atoms with Gasteiger partial charge in [-0.2, -0.15) is 0 Å². The van der Waals surface area contributed by atoms with E-state index in [0.717, 1.165) is 31.5 Å². The van der Waals surface area contributed by atoms with Crippen molar-refractivity contribution in [2.24, 2.45) is 0 Å². The zero-order valence-corrected chi connectivity index (χ0v) is 8.74. The van der Waals surface area contributed by atoms with Gasteiger partial charge in [-0.1, -0.05) is 12.2 Å². The fourth-order valence-electron chi connectivity index (χ4n) is 2.41. The Morgan fingerprint density at radius 1 is 1.13 bits per heavy atom. The van der Waals surface area contributed by atoms with Gasteiger partial charge >= 0.3 is 0 Å². The molecule has 15 heavy (non-hydrogen) atoms. The maximum atomic E-state index is 4.36. The predicted octanol–water partition coefficient (Wildman–Crippen LogP) is 2.10. The van der Waals surface area contributed by atoms with Crippen molar-refractivity contribution in [1.82, 2.24) is 9.97 Å². The Bertz CT molecular complexity index is 390. The van der Waals surface area contributed by atoms with Crippen molar-refractivity contribution in [3.8, 4) is 0 Å². The fourth-order valence-corrected chi connectivity index (χ4v) is 2.41. The van der Waals surface area contributed by atoms with E-state index >= 15 is 0 Å². The quantitative estimate of drug-likeness (QED) is 0.744. The van der Waals surface area contributed by atoms with Crippen molar-refractivity contribution in [2.45, 2.75) is 38.1 Å². The highest BCUT2D eigenvalue weighted by molar-refractivity contribution is 5.49. The van der Waals surface area contributed by atoms with Crippen LogP contribution in [-0.2, 0) is 12.8 Å². The second kappa shape index (κ2) is 3.65. The number of nitrogens with zero attached hydrogens (tertiary/aromatic N) is 2. The van der Waals surface area contributed by atoms with Crippen LogP contribution >= 0.6 is 0 Å². The minimum Gasteiger partial charge on any atom is -0.366 e. The van der Waals surface area contributed by atoms with Crippen LogP contribution in [0, 0.1) is 0 Å². The lowest BCUT2D eigenvalue weighted by molar-refractivity contribution is 0.776. The largest absolute Gasteiger partial charge is 0.366 e. The minimum atomic E-state index is 0.546. The zero-order valence-electron chi connectivity index (χ0n) is 8.74. The highest BCUT2D eigenvalue weighted by Crippen LogP contribution is 2.26. The molecule has 0 radical (unpaired) electrons. The molecule has 0 aromatic carbocycles. The number of aromatic nitrogens is 2. The number of anilines is 1. The average molecular weight is 201 g/mol. The van der Waals surface area contributed by atoms with E-state index in [4.69, 9.17) is 0 Å². The molecule has 0 unspecified atom stereocenters. The number of fused-ring (bicyclic) bond motifs is 1.